The van der Waals surface area contributed by atoms with E-state index in [1.807, 2.05) is 12.1 Å². The van der Waals surface area contributed by atoms with Crippen LogP contribution in [0.15, 0.2) is 12.1 Å². The molecule has 0 spiro atoms. The molecule has 12 heavy (non-hydrogen) atoms. The molecule has 1 aromatic rings. The van der Waals surface area contributed by atoms with Crippen LogP contribution >= 0.6 is 9.24 Å². The summed E-state index contributed by atoms with van der Waals surface area (Å²) >= 11 is 0. The summed E-state index contributed by atoms with van der Waals surface area (Å²) in [7, 11) is 2.57. The van der Waals surface area contributed by atoms with E-state index in [9.17, 15) is 0 Å². The molecule has 0 bridgehead atoms. The third-order valence-electron chi connectivity index (χ3n) is 1.79. The minimum atomic E-state index is 0.702. The Morgan fingerprint density at radius 1 is 1.50 bits per heavy atom. The van der Waals surface area contributed by atoms with Crippen LogP contribution in [0.3, 0.4) is 0 Å². The van der Waals surface area contributed by atoms with E-state index < -0.39 is 0 Å². The van der Waals surface area contributed by atoms with Crippen molar-refractivity contribution in [2.24, 2.45) is 0 Å². The van der Waals surface area contributed by atoms with Gasteiger partial charge >= 0.3 is 0 Å². The Bertz CT molecular complexity index is 290. The summed E-state index contributed by atoms with van der Waals surface area (Å²) in [4.78, 5) is 4.27. The van der Waals surface area contributed by atoms with Crippen LogP contribution < -0.4 is 15.5 Å². The first-order valence-electron chi connectivity index (χ1n) is 3.95. The maximum absolute atomic E-state index is 5.44. The lowest BCUT2D eigenvalue weighted by Gasteiger charge is -2.04. The Morgan fingerprint density at radius 2 is 2.42 bits per heavy atom. The van der Waals surface area contributed by atoms with Crippen molar-refractivity contribution in [2.75, 3.05) is 13.2 Å². The average molecular weight is 182 g/mol. The van der Waals surface area contributed by atoms with Crippen LogP contribution in [-0.2, 0) is 6.54 Å². The van der Waals surface area contributed by atoms with Crippen LogP contribution in [0.5, 0.6) is 5.88 Å². The number of fused-ring (bicyclic) bond motifs is 1. The number of nitrogens with zero attached hydrogens (tertiary/aromatic N) is 1. The fourth-order valence-electron chi connectivity index (χ4n) is 1.19. The van der Waals surface area contributed by atoms with Crippen molar-refractivity contribution in [1.82, 2.24) is 10.3 Å². The predicted octanol–water partition coefficient (Wildman–Crippen LogP) is 0.0640. The van der Waals surface area contributed by atoms with E-state index in [-0.39, 0.29) is 0 Å². The lowest BCUT2D eigenvalue weighted by atomic mass is 10.3. The van der Waals surface area contributed by atoms with Crippen LogP contribution in [-0.4, -0.2) is 18.1 Å². The maximum atomic E-state index is 5.44. The highest BCUT2D eigenvalue weighted by Crippen LogP contribution is 2.15. The molecule has 1 aliphatic heterocycles. The van der Waals surface area contributed by atoms with Crippen LogP contribution in [0.1, 0.15) is 5.56 Å². The zero-order chi connectivity index (χ0) is 8.39. The van der Waals surface area contributed by atoms with Gasteiger partial charge in [0.05, 0.1) is 5.44 Å². The molecule has 1 N–H and O–H groups in total. The van der Waals surface area contributed by atoms with Gasteiger partial charge in [-0.3, -0.25) is 0 Å². The molecule has 2 heterocycles. The number of aromatic nitrogens is 1. The van der Waals surface area contributed by atoms with Crippen LogP contribution in [0, 0.1) is 0 Å². The van der Waals surface area contributed by atoms with Gasteiger partial charge in [0.25, 0.3) is 0 Å². The number of ether oxygens (including phenoxy) is 1. The highest BCUT2D eigenvalue weighted by Gasteiger charge is 2.08. The van der Waals surface area contributed by atoms with Gasteiger partial charge in [-0.2, -0.15) is 0 Å². The number of nitrogens with one attached hydrogen (secondary N) is 1. The average Bonchev–Trinajstić information content (AvgIpc) is 2.28. The summed E-state index contributed by atoms with van der Waals surface area (Å²) in [5.41, 5.74) is 2.06. The lowest BCUT2D eigenvalue weighted by Crippen LogP contribution is -2.16. The van der Waals surface area contributed by atoms with Crippen molar-refractivity contribution in [1.29, 1.82) is 0 Å². The van der Waals surface area contributed by atoms with Gasteiger partial charge in [-0.05, 0) is 6.07 Å². The lowest BCUT2D eigenvalue weighted by molar-refractivity contribution is 0.314. The van der Waals surface area contributed by atoms with Gasteiger partial charge in [-0.1, -0.05) is 15.3 Å². The van der Waals surface area contributed by atoms with E-state index in [1.54, 1.807) is 0 Å². The Balaban J connectivity index is 2.36. The molecule has 0 saturated heterocycles. The molecule has 0 aliphatic carbocycles. The zero-order valence-corrected chi connectivity index (χ0v) is 7.86. The molecule has 1 atom stereocenters. The molecule has 1 aromatic heterocycles. The molecule has 0 radical (unpaired) electrons. The first-order chi connectivity index (χ1) is 5.86. The standard InChI is InChI=1S/C8H11N2OP/c12-7-2-1-6-5-9-3-4-11-8(6)10-7/h1-2,9H,3-5,12H2. The van der Waals surface area contributed by atoms with Crippen molar-refractivity contribution in [2.45, 2.75) is 6.54 Å². The van der Waals surface area contributed by atoms with E-state index in [0.29, 0.717) is 6.61 Å². The van der Waals surface area contributed by atoms with E-state index in [2.05, 4.69) is 19.5 Å². The largest absolute Gasteiger partial charge is 0.476 e. The summed E-state index contributed by atoms with van der Waals surface area (Å²) in [5, 5.41) is 3.25. The smallest absolute Gasteiger partial charge is 0.218 e. The van der Waals surface area contributed by atoms with E-state index in [4.69, 9.17) is 4.74 Å². The van der Waals surface area contributed by atoms with Gasteiger partial charge in [-0.25, -0.2) is 4.98 Å². The summed E-state index contributed by atoms with van der Waals surface area (Å²) in [6.07, 6.45) is 0. The molecule has 3 nitrogen and oxygen atoms in total. The SMILES string of the molecule is Pc1ccc2c(n1)OCCNC2. The molecule has 4 heteroatoms. The van der Waals surface area contributed by atoms with Crippen molar-refractivity contribution in [3.05, 3.63) is 17.7 Å². The summed E-state index contributed by atoms with van der Waals surface area (Å²) < 4.78 is 5.44. The fourth-order valence-corrected chi connectivity index (χ4v) is 1.40. The highest BCUT2D eigenvalue weighted by molar-refractivity contribution is 7.26. The van der Waals surface area contributed by atoms with E-state index >= 15 is 0 Å². The topological polar surface area (TPSA) is 34.1 Å². The summed E-state index contributed by atoms with van der Waals surface area (Å²) in [6.45, 7) is 2.45. The Hall–Kier alpha value is -0.660. The van der Waals surface area contributed by atoms with Crippen LogP contribution in [0.2, 0.25) is 0 Å². The minimum Gasteiger partial charge on any atom is -0.476 e. The van der Waals surface area contributed by atoms with Gasteiger partial charge in [-0.15, -0.1) is 0 Å². The van der Waals surface area contributed by atoms with Crippen molar-refractivity contribution in [3.63, 3.8) is 0 Å². The zero-order valence-electron chi connectivity index (χ0n) is 6.71. The van der Waals surface area contributed by atoms with E-state index in [0.717, 1.165) is 30.0 Å². The Morgan fingerprint density at radius 3 is 3.33 bits per heavy atom. The third-order valence-corrected chi connectivity index (χ3v) is 2.12. The van der Waals surface area contributed by atoms with Crippen molar-refractivity contribution in [3.8, 4) is 5.88 Å². The maximum Gasteiger partial charge on any atom is 0.218 e. The Kier molecular flexibility index (Phi) is 2.24. The Labute approximate surface area is 73.7 Å². The monoisotopic (exact) mass is 182 g/mol. The molecule has 1 aliphatic rings. The molecule has 1 unspecified atom stereocenters. The fraction of sp³-hybridized carbons (Fsp3) is 0.375. The highest BCUT2D eigenvalue weighted by atomic mass is 31.0. The molecule has 0 saturated carbocycles. The molecule has 64 valence electrons. The molecule has 0 aromatic carbocycles. The van der Waals surface area contributed by atoms with Crippen LogP contribution in [0.4, 0.5) is 0 Å². The summed E-state index contributed by atoms with van der Waals surface area (Å²) in [5.74, 6) is 0.771. The molecule has 0 fully saturated rings. The first kappa shape index (κ1) is 7.96. The van der Waals surface area contributed by atoms with Crippen molar-refractivity contribution < 1.29 is 4.74 Å². The molecular weight excluding hydrogens is 171 g/mol. The second-order valence-corrected chi connectivity index (χ2v) is 3.32. The predicted molar refractivity (Wildman–Crippen MR) is 50.8 cm³/mol. The number of rotatable bonds is 0. The van der Waals surface area contributed by atoms with E-state index in [1.165, 1.54) is 0 Å². The second kappa shape index (κ2) is 3.38. The quantitative estimate of drug-likeness (QED) is 0.576. The molecular formula is C8H11N2OP. The van der Waals surface area contributed by atoms with Gasteiger partial charge in [0.2, 0.25) is 5.88 Å². The third kappa shape index (κ3) is 1.57. The van der Waals surface area contributed by atoms with Gasteiger partial charge in [0, 0.05) is 18.7 Å². The van der Waals surface area contributed by atoms with Gasteiger partial charge in [0.15, 0.2) is 0 Å². The van der Waals surface area contributed by atoms with Crippen molar-refractivity contribution >= 4 is 14.7 Å². The molecule has 2 rings (SSSR count). The number of hydrogen-bond acceptors (Lipinski definition) is 3. The minimum absolute atomic E-state index is 0.702. The van der Waals surface area contributed by atoms with Gasteiger partial charge < -0.3 is 10.1 Å². The molecule has 0 amide bonds. The number of pyridine rings is 1. The summed E-state index contributed by atoms with van der Waals surface area (Å²) in [6, 6.07) is 4.02. The number of hydrogen-bond donors (Lipinski definition) is 1. The second-order valence-electron chi connectivity index (χ2n) is 2.73. The first-order valence-corrected chi connectivity index (χ1v) is 4.53. The van der Waals surface area contributed by atoms with Crippen LogP contribution in [0.25, 0.3) is 0 Å². The normalized spacial score (nSPS) is 16.1. The van der Waals surface area contributed by atoms with Gasteiger partial charge in [0.1, 0.15) is 6.61 Å².